The first kappa shape index (κ1) is 21.2. The zero-order chi connectivity index (χ0) is 23.3. The van der Waals surface area contributed by atoms with Gasteiger partial charge in [-0.05, 0) is 49.3 Å². The van der Waals surface area contributed by atoms with Gasteiger partial charge in [-0.2, -0.15) is 10.2 Å². The van der Waals surface area contributed by atoms with E-state index in [2.05, 4.69) is 49.3 Å². The second kappa shape index (κ2) is 7.76. The van der Waals surface area contributed by atoms with Crippen molar-refractivity contribution in [3.05, 3.63) is 66.2 Å². The van der Waals surface area contributed by atoms with Gasteiger partial charge in [0.2, 0.25) is 0 Å². The Bertz CT molecular complexity index is 1330. The van der Waals surface area contributed by atoms with Crippen molar-refractivity contribution in [2.45, 2.75) is 46.6 Å². The van der Waals surface area contributed by atoms with E-state index in [-0.39, 0.29) is 11.5 Å². The fraction of sp³-hybridized carbons (Fsp3) is 0.346. The van der Waals surface area contributed by atoms with E-state index in [1.165, 1.54) is 0 Å². The zero-order valence-corrected chi connectivity index (χ0v) is 19.5. The number of nitrogens with two attached hydrogens (primary N) is 1. The second-order valence-corrected chi connectivity index (χ2v) is 9.74. The van der Waals surface area contributed by atoms with Gasteiger partial charge in [0.1, 0.15) is 0 Å². The minimum atomic E-state index is -0.479. The summed E-state index contributed by atoms with van der Waals surface area (Å²) in [6.07, 6.45) is 7.63. The number of hydrogen-bond donors (Lipinski definition) is 2. The topological polar surface area (TPSA) is 90.2 Å². The lowest BCUT2D eigenvalue weighted by molar-refractivity contribution is 0.100. The van der Waals surface area contributed by atoms with Crippen molar-refractivity contribution < 1.29 is 4.79 Å². The number of carbonyl (C=O) groups is 1. The highest BCUT2D eigenvalue weighted by Gasteiger charge is 2.41. The summed E-state index contributed by atoms with van der Waals surface area (Å²) in [4.78, 5) is 12.3. The molecule has 1 aliphatic carbocycles. The first-order valence-electron chi connectivity index (χ1n) is 11.5. The van der Waals surface area contributed by atoms with Crippen LogP contribution in [0.1, 0.15) is 49.7 Å². The highest BCUT2D eigenvalue weighted by atomic mass is 16.1. The molecule has 4 aromatic rings. The number of aromatic nitrogens is 4. The Balaban J connectivity index is 1.60. The van der Waals surface area contributed by atoms with Crippen LogP contribution in [0.3, 0.4) is 0 Å². The molecule has 170 valence electrons. The fourth-order valence-corrected chi connectivity index (χ4v) is 5.00. The molecule has 1 amide bonds. The summed E-state index contributed by atoms with van der Waals surface area (Å²) >= 11 is 0. The standard InChI is InChI=1S/C26H30N6O/c1-16-10-11-23(26(16,3)4)30-24-21(25(27)33)14-28-31-15-18(12-22(24)31)20-13-29-32(17(20)2)19-8-6-5-7-9-19/h5-9,12-16,23,30H,10-11H2,1-4H3,(H2,27,33)/t16?,23-/m1/s1. The summed E-state index contributed by atoms with van der Waals surface area (Å²) < 4.78 is 3.75. The Morgan fingerprint density at radius 3 is 2.58 bits per heavy atom. The van der Waals surface area contributed by atoms with E-state index in [4.69, 9.17) is 5.73 Å². The summed E-state index contributed by atoms with van der Waals surface area (Å²) in [6, 6.07) is 12.4. The van der Waals surface area contributed by atoms with Crippen LogP contribution >= 0.6 is 0 Å². The normalized spacial score (nSPS) is 19.8. The minimum absolute atomic E-state index is 0.109. The molecule has 0 saturated heterocycles. The summed E-state index contributed by atoms with van der Waals surface area (Å²) in [5.74, 6) is 0.117. The van der Waals surface area contributed by atoms with Crippen LogP contribution in [0.4, 0.5) is 5.69 Å². The van der Waals surface area contributed by atoms with Gasteiger partial charge in [0.15, 0.2) is 0 Å². The van der Waals surface area contributed by atoms with Crippen LogP contribution < -0.4 is 11.1 Å². The van der Waals surface area contributed by atoms with Crippen LogP contribution in [0, 0.1) is 18.3 Å². The van der Waals surface area contributed by atoms with Gasteiger partial charge in [-0.3, -0.25) is 4.79 Å². The molecule has 2 atom stereocenters. The number of rotatable bonds is 5. The van der Waals surface area contributed by atoms with Crippen LogP contribution in [0.5, 0.6) is 0 Å². The van der Waals surface area contributed by atoms with E-state index in [1.54, 1.807) is 6.20 Å². The highest BCUT2D eigenvalue weighted by molar-refractivity contribution is 6.02. The van der Waals surface area contributed by atoms with E-state index in [0.29, 0.717) is 11.5 Å². The molecule has 3 aromatic heterocycles. The maximum atomic E-state index is 12.3. The van der Waals surface area contributed by atoms with Crippen molar-refractivity contribution in [1.29, 1.82) is 0 Å². The molecule has 1 fully saturated rings. The van der Waals surface area contributed by atoms with Gasteiger partial charge in [-0.1, -0.05) is 39.0 Å². The lowest BCUT2D eigenvalue weighted by Crippen LogP contribution is -2.35. The number of para-hydroxylation sites is 1. The molecule has 5 rings (SSSR count). The zero-order valence-electron chi connectivity index (χ0n) is 19.5. The molecule has 1 aromatic carbocycles. The third-order valence-corrected chi connectivity index (χ3v) is 7.60. The second-order valence-electron chi connectivity index (χ2n) is 9.74. The molecule has 0 spiro atoms. The molecule has 3 heterocycles. The SMILES string of the molecule is Cc1c(-c2cc3c(N[C@@H]4CCC(C)C4(C)C)c(C(N)=O)cnn3c2)cnn1-c1ccccc1. The van der Waals surface area contributed by atoms with E-state index >= 15 is 0 Å². The lowest BCUT2D eigenvalue weighted by Gasteiger charge is -2.33. The van der Waals surface area contributed by atoms with E-state index < -0.39 is 5.91 Å². The largest absolute Gasteiger partial charge is 0.379 e. The highest BCUT2D eigenvalue weighted by Crippen LogP contribution is 2.44. The van der Waals surface area contributed by atoms with Crippen molar-refractivity contribution in [2.24, 2.45) is 17.1 Å². The molecule has 7 heteroatoms. The predicted octanol–water partition coefficient (Wildman–Crippen LogP) is 4.83. The molecular formula is C26H30N6O. The molecule has 1 aliphatic rings. The number of nitrogens with zero attached hydrogens (tertiary/aromatic N) is 4. The number of fused-ring (bicyclic) bond motifs is 1. The minimum Gasteiger partial charge on any atom is -0.379 e. The summed E-state index contributed by atoms with van der Waals surface area (Å²) in [6.45, 7) is 8.92. The van der Waals surface area contributed by atoms with Gasteiger partial charge in [-0.25, -0.2) is 9.20 Å². The van der Waals surface area contributed by atoms with Gasteiger partial charge in [0, 0.05) is 29.1 Å². The van der Waals surface area contributed by atoms with Gasteiger partial charge < -0.3 is 11.1 Å². The summed E-state index contributed by atoms with van der Waals surface area (Å²) in [7, 11) is 0. The Hall–Kier alpha value is -3.61. The van der Waals surface area contributed by atoms with Gasteiger partial charge in [-0.15, -0.1) is 0 Å². The molecule has 1 unspecified atom stereocenters. The third-order valence-electron chi connectivity index (χ3n) is 7.60. The lowest BCUT2D eigenvalue weighted by atomic mass is 9.80. The average Bonchev–Trinajstić information content (AvgIpc) is 3.45. The number of benzene rings is 1. The Labute approximate surface area is 193 Å². The van der Waals surface area contributed by atoms with Crippen molar-refractivity contribution in [2.75, 3.05) is 5.32 Å². The van der Waals surface area contributed by atoms with Crippen LogP contribution in [-0.4, -0.2) is 31.3 Å². The molecule has 0 bridgehead atoms. The van der Waals surface area contributed by atoms with Crippen LogP contribution in [0.25, 0.3) is 22.3 Å². The summed E-state index contributed by atoms with van der Waals surface area (Å²) in [5.41, 5.74) is 11.9. The maximum absolute atomic E-state index is 12.3. The smallest absolute Gasteiger partial charge is 0.252 e. The molecule has 1 saturated carbocycles. The number of anilines is 1. The van der Waals surface area contributed by atoms with E-state index in [1.807, 2.05) is 51.9 Å². The van der Waals surface area contributed by atoms with E-state index in [0.717, 1.165) is 46.6 Å². The quantitative estimate of drug-likeness (QED) is 0.463. The van der Waals surface area contributed by atoms with Crippen molar-refractivity contribution in [1.82, 2.24) is 19.4 Å². The number of primary amides is 1. The molecule has 0 radical (unpaired) electrons. The van der Waals surface area contributed by atoms with Crippen molar-refractivity contribution in [3.8, 4) is 16.8 Å². The molecule has 33 heavy (non-hydrogen) atoms. The van der Waals surface area contributed by atoms with E-state index in [9.17, 15) is 4.79 Å². The average molecular weight is 443 g/mol. The number of amides is 1. The molecule has 3 N–H and O–H groups in total. The Kier molecular flexibility index (Phi) is 5.00. The predicted molar refractivity (Wildman–Crippen MR) is 131 cm³/mol. The Morgan fingerprint density at radius 2 is 1.91 bits per heavy atom. The van der Waals surface area contributed by atoms with Crippen LogP contribution in [-0.2, 0) is 0 Å². The number of nitrogens with one attached hydrogen (secondary N) is 1. The molecule has 0 aliphatic heterocycles. The van der Waals surface area contributed by atoms with Crippen molar-refractivity contribution >= 4 is 17.1 Å². The van der Waals surface area contributed by atoms with Crippen molar-refractivity contribution in [3.63, 3.8) is 0 Å². The Morgan fingerprint density at radius 1 is 1.15 bits per heavy atom. The number of hydrogen-bond acceptors (Lipinski definition) is 4. The summed E-state index contributed by atoms with van der Waals surface area (Å²) in [5, 5.41) is 12.8. The number of carbonyl (C=O) groups excluding carboxylic acids is 1. The third kappa shape index (κ3) is 3.48. The van der Waals surface area contributed by atoms with Crippen LogP contribution in [0.15, 0.2) is 55.0 Å². The molecule has 7 nitrogen and oxygen atoms in total. The first-order valence-corrected chi connectivity index (χ1v) is 11.5. The van der Waals surface area contributed by atoms with Gasteiger partial charge in [0.05, 0.1) is 34.8 Å². The van der Waals surface area contributed by atoms with Crippen LogP contribution in [0.2, 0.25) is 0 Å². The van der Waals surface area contributed by atoms with Gasteiger partial charge >= 0.3 is 0 Å². The fourth-order valence-electron chi connectivity index (χ4n) is 5.00. The molecular weight excluding hydrogens is 412 g/mol. The first-order chi connectivity index (χ1) is 15.8. The van der Waals surface area contributed by atoms with Gasteiger partial charge in [0.25, 0.3) is 5.91 Å². The monoisotopic (exact) mass is 442 g/mol. The maximum Gasteiger partial charge on any atom is 0.252 e.